The van der Waals surface area contributed by atoms with Crippen LogP contribution >= 0.6 is 15.9 Å². The molecule has 0 aromatic heterocycles. The molecule has 3 rings (SSSR count). The third kappa shape index (κ3) is 4.06. The topological polar surface area (TPSA) is 90.0 Å². The van der Waals surface area contributed by atoms with Gasteiger partial charge in [0.05, 0.1) is 19.1 Å². The second kappa shape index (κ2) is 8.52. The van der Waals surface area contributed by atoms with Gasteiger partial charge in [-0.25, -0.2) is 9.59 Å². The highest BCUT2D eigenvalue weighted by Gasteiger charge is 2.52. The van der Waals surface area contributed by atoms with Gasteiger partial charge in [0.1, 0.15) is 5.70 Å². The average Bonchev–Trinajstić information content (AvgIpc) is 3.09. The number of β-lactam (4-membered cyclic amide) rings is 1. The predicted octanol–water partition coefficient (Wildman–Crippen LogP) is 2.41. The molecule has 0 bridgehead atoms. The molecule has 146 valence electrons. The number of amides is 1. The van der Waals surface area contributed by atoms with Crippen molar-refractivity contribution in [1.82, 2.24) is 4.90 Å². The van der Waals surface area contributed by atoms with E-state index in [0.717, 1.165) is 4.47 Å². The molecule has 1 aromatic rings. The van der Waals surface area contributed by atoms with Gasteiger partial charge in [0.15, 0.2) is 12.4 Å². The number of halogens is 1. The lowest BCUT2D eigenvalue weighted by atomic mass is 9.85. The van der Waals surface area contributed by atoms with E-state index in [1.165, 1.54) is 18.1 Å². The van der Waals surface area contributed by atoms with Crippen LogP contribution in [-0.2, 0) is 23.9 Å². The molecule has 0 spiro atoms. The van der Waals surface area contributed by atoms with Gasteiger partial charge in [-0.15, -0.1) is 0 Å². The summed E-state index contributed by atoms with van der Waals surface area (Å²) in [6.45, 7) is -0.393. The van der Waals surface area contributed by atoms with Crippen LogP contribution < -0.4 is 0 Å². The zero-order valence-electron chi connectivity index (χ0n) is 15.1. The summed E-state index contributed by atoms with van der Waals surface area (Å²) in [6, 6.07) is 6.60. The van der Waals surface area contributed by atoms with E-state index in [1.54, 1.807) is 36.4 Å². The highest BCUT2D eigenvalue weighted by Crippen LogP contribution is 2.40. The normalized spacial score (nSPS) is 20.4. The number of methoxy groups -OCH3 is 1. The van der Waals surface area contributed by atoms with Gasteiger partial charge in [-0.2, -0.15) is 0 Å². The molecule has 2 unspecified atom stereocenters. The molecule has 7 nitrogen and oxygen atoms in total. The van der Waals surface area contributed by atoms with Crippen LogP contribution in [0, 0.1) is 5.92 Å². The van der Waals surface area contributed by atoms with Gasteiger partial charge in [0.2, 0.25) is 5.91 Å². The smallest absolute Gasteiger partial charge is 0.355 e. The van der Waals surface area contributed by atoms with Crippen molar-refractivity contribution in [3.8, 4) is 0 Å². The molecule has 1 fully saturated rings. The monoisotopic (exact) mass is 447 g/mol. The Labute approximate surface area is 170 Å². The summed E-state index contributed by atoms with van der Waals surface area (Å²) in [7, 11) is 1.28. The summed E-state index contributed by atoms with van der Waals surface area (Å²) < 4.78 is 10.4. The predicted molar refractivity (Wildman–Crippen MR) is 102 cm³/mol. The molecule has 2 aliphatic rings. The zero-order valence-corrected chi connectivity index (χ0v) is 16.7. The Morgan fingerprint density at radius 1 is 1.25 bits per heavy atom. The van der Waals surface area contributed by atoms with Crippen LogP contribution in [0.3, 0.4) is 0 Å². The maximum atomic E-state index is 12.4. The zero-order chi connectivity index (χ0) is 20.3. The number of carbonyl (C=O) groups excluding carboxylic acids is 4. The van der Waals surface area contributed by atoms with E-state index in [2.05, 4.69) is 20.7 Å². The van der Waals surface area contributed by atoms with Crippen LogP contribution in [0.15, 0.2) is 52.7 Å². The highest BCUT2D eigenvalue weighted by molar-refractivity contribution is 9.10. The molecule has 0 aliphatic carbocycles. The number of Topliss-reactive ketones (excluding diaryl/α,β-unsaturated/α-hetero) is 1. The van der Waals surface area contributed by atoms with Crippen molar-refractivity contribution in [3.63, 3.8) is 0 Å². The lowest BCUT2D eigenvalue weighted by Crippen LogP contribution is -2.58. The van der Waals surface area contributed by atoms with Gasteiger partial charge in [-0.05, 0) is 25.0 Å². The van der Waals surface area contributed by atoms with Gasteiger partial charge in [0.25, 0.3) is 0 Å². The van der Waals surface area contributed by atoms with Crippen LogP contribution in [0.5, 0.6) is 0 Å². The van der Waals surface area contributed by atoms with Crippen molar-refractivity contribution in [2.24, 2.45) is 5.92 Å². The molecule has 2 heterocycles. The molecule has 0 radical (unpaired) electrons. The first-order chi connectivity index (χ1) is 13.4. The van der Waals surface area contributed by atoms with Crippen molar-refractivity contribution >= 4 is 39.6 Å². The molecule has 2 atom stereocenters. The number of ketones is 1. The van der Waals surface area contributed by atoms with E-state index in [-0.39, 0.29) is 29.3 Å². The van der Waals surface area contributed by atoms with Gasteiger partial charge >= 0.3 is 11.9 Å². The quantitative estimate of drug-likeness (QED) is 0.276. The Kier molecular flexibility index (Phi) is 6.08. The molecule has 8 heteroatoms. The minimum Gasteiger partial charge on any atom is -0.466 e. The maximum Gasteiger partial charge on any atom is 0.355 e. The lowest BCUT2D eigenvalue weighted by molar-refractivity contribution is -0.156. The molecule has 1 aromatic carbocycles. The van der Waals surface area contributed by atoms with Crippen LogP contribution in [0.4, 0.5) is 0 Å². The Hall–Kier alpha value is -2.74. The van der Waals surface area contributed by atoms with E-state index in [9.17, 15) is 19.2 Å². The minimum atomic E-state index is -0.690. The largest absolute Gasteiger partial charge is 0.466 e. The molecule has 28 heavy (non-hydrogen) atoms. The fraction of sp³-hybridized carbons (Fsp3) is 0.300. The third-order valence-electron chi connectivity index (χ3n) is 4.72. The molecular formula is C20H18BrNO6. The van der Waals surface area contributed by atoms with Crippen molar-refractivity contribution in [3.05, 3.63) is 58.2 Å². The maximum absolute atomic E-state index is 12.4. The van der Waals surface area contributed by atoms with Crippen LogP contribution in [0.1, 0.15) is 23.2 Å². The highest BCUT2D eigenvalue weighted by atomic mass is 79.9. The standard InChI is InChI=1S/C20H18BrNO6/c1-27-18(24)4-2-3-14-15-9-10-16(22(15)19(14)25)20(26)28-11-17(23)12-5-7-13(21)8-6-12/h2,4-8,10,14-15H,3,9,11H2,1H3/b4-2+. The molecule has 0 N–H and O–H groups in total. The summed E-state index contributed by atoms with van der Waals surface area (Å²) in [5.41, 5.74) is 0.610. The van der Waals surface area contributed by atoms with E-state index in [0.29, 0.717) is 18.4 Å². The summed E-state index contributed by atoms with van der Waals surface area (Å²) in [5, 5.41) is 0. The third-order valence-corrected chi connectivity index (χ3v) is 5.25. The summed E-state index contributed by atoms with van der Waals surface area (Å²) in [6.07, 6.45) is 5.46. The van der Waals surface area contributed by atoms with Gasteiger partial charge in [0, 0.05) is 16.1 Å². The van der Waals surface area contributed by atoms with Crippen LogP contribution in [-0.4, -0.2) is 48.3 Å². The SMILES string of the molecule is COC(=O)/C=C/CC1C(=O)N2C(C(=O)OCC(=O)c3ccc(Br)cc3)=CCC12. The first kappa shape index (κ1) is 20.0. The number of carbonyl (C=O) groups is 4. The molecule has 2 aliphatic heterocycles. The summed E-state index contributed by atoms with van der Waals surface area (Å²) in [4.78, 5) is 49.3. The van der Waals surface area contributed by atoms with Gasteiger partial charge < -0.3 is 14.4 Å². The first-order valence-electron chi connectivity index (χ1n) is 8.66. The number of nitrogens with zero attached hydrogens (tertiary/aromatic N) is 1. The number of hydrogen-bond donors (Lipinski definition) is 0. The molecule has 0 saturated carbocycles. The fourth-order valence-corrected chi connectivity index (χ4v) is 3.51. The van der Waals surface area contributed by atoms with Crippen molar-refractivity contribution < 1.29 is 28.7 Å². The second-order valence-electron chi connectivity index (χ2n) is 6.37. The average molecular weight is 448 g/mol. The fourth-order valence-electron chi connectivity index (χ4n) is 3.24. The van der Waals surface area contributed by atoms with E-state index < -0.39 is 18.5 Å². The van der Waals surface area contributed by atoms with Gasteiger partial charge in [-0.1, -0.05) is 40.2 Å². The van der Waals surface area contributed by atoms with Gasteiger partial charge in [-0.3, -0.25) is 9.59 Å². The van der Waals surface area contributed by atoms with E-state index in [4.69, 9.17) is 4.74 Å². The lowest BCUT2D eigenvalue weighted by Gasteiger charge is -2.43. The Bertz CT molecular complexity index is 873. The minimum absolute atomic E-state index is 0.125. The number of rotatable bonds is 7. The number of esters is 2. The Balaban J connectivity index is 1.52. The van der Waals surface area contributed by atoms with Crippen LogP contribution in [0.2, 0.25) is 0 Å². The number of allylic oxidation sites excluding steroid dienone is 1. The number of fused-ring (bicyclic) bond motifs is 1. The number of benzene rings is 1. The Morgan fingerprint density at radius 3 is 2.64 bits per heavy atom. The number of hydrogen-bond acceptors (Lipinski definition) is 6. The van der Waals surface area contributed by atoms with Crippen molar-refractivity contribution in [2.75, 3.05) is 13.7 Å². The second-order valence-corrected chi connectivity index (χ2v) is 7.29. The van der Waals surface area contributed by atoms with E-state index >= 15 is 0 Å². The first-order valence-corrected chi connectivity index (χ1v) is 9.45. The molecular weight excluding hydrogens is 430 g/mol. The van der Waals surface area contributed by atoms with Crippen LogP contribution in [0.25, 0.3) is 0 Å². The van der Waals surface area contributed by atoms with Crippen molar-refractivity contribution in [2.45, 2.75) is 18.9 Å². The summed E-state index contributed by atoms with van der Waals surface area (Å²) in [5.74, 6) is -1.97. The summed E-state index contributed by atoms with van der Waals surface area (Å²) >= 11 is 3.29. The number of ether oxygens (including phenoxy) is 2. The molecule has 1 saturated heterocycles. The van der Waals surface area contributed by atoms with Crippen molar-refractivity contribution in [1.29, 1.82) is 0 Å². The molecule has 1 amide bonds. The Morgan fingerprint density at radius 2 is 1.96 bits per heavy atom. The van der Waals surface area contributed by atoms with E-state index in [1.807, 2.05) is 0 Å².